The molecule has 0 saturated heterocycles. The fourth-order valence-electron chi connectivity index (χ4n) is 2.38. The fourth-order valence-corrected chi connectivity index (χ4v) is 2.71. The van der Waals surface area contributed by atoms with E-state index in [1.807, 2.05) is 13.0 Å². The zero-order valence-corrected chi connectivity index (χ0v) is 19.6. The molecule has 0 radical (unpaired) electrons. The Hall–Kier alpha value is -1.62. The molecule has 154 valence electrons. The van der Waals surface area contributed by atoms with Gasteiger partial charge in [-0.05, 0) is 49.6 Å². The standard InChI is InChI=1S/C19H24BrFN4O2.HI/c1-2-22-19(25-11-10-23-18(26)17-6-4-12-27-17)24-9-3-5-14-7-8-15(20)13-16(14)21;/h4,6-8,12-13H,2-3,5,9-11H2,1H3,(H,23,26)(H2,22,24,25);1H. The molecule has 0 spiro atoms. The Morgan fingerprint density at radius 2 is 2.00 bits per heavy atom. The Balaban J connectivity index is 0.00000392. The first-order valence-electron chi connectivity index (χ1n) is 8.88. The lowest BCUT2D eigenvalue weighted by Crippen LogP contribution is -2.41. The molecule has 0 aliphatic heterocycles. The summed E-state index contributed by atoms with van der Waals surface area (Å²) in [7, 11) is 0. The molecule has 0 aliphatic rings. The van der Waals surface area contributed by atoms with Crippen molar-refractivity contribution >= 4 is 51.8 Å². The first-order chi connectivity index (χ1) is 13.1. The van der Waals surface area contributed by atoms with Gasteiger partial charge in [0.05, 0.1) is 6.26 Å². The molecule has 6 nitrogen and oxygen atoms in total. The zero-order chi connectivity index (χ0) is 19.5. The smallest absolute Gasteiger partial charge is 0.287 e. The van der Waals surface area contributed by atoms with E-state index in [1.54, 1.807) is 18.2 Å². The number of nitrogens with zero attached hydrogens (tertiary/aromatic N) is 1. The molecule has 0 bridgehead atoms. The topological polar surface area (TPSA) is 78.7 Å². The summed E-state index contributed by atoms with van der Waals surface area (Å²) in [6.45, 7) is 4.25. The minimum Gasteiger partial charge on any atom is -0.459 e. The maximum Gasteiger partial charge on any atom is 0.287 e. The molecule has 0 atom stereocenters. The van der Waals surface area contributed by atoms with Crippen molar-refractivity contribution in [2.75, 3.05) is 26.2 Å². The van der Waals surface area contributed by atoms with E-state index in [0.717, 1.165) is 17.4 Å². The zero-order valence-electron chi connectivity index (χ0n) is 15.6. The van der Waals surface area contributed by atoms with Crippen LogP contribution in [0.1, 0.15) is 29.5 Å². The number of amides is 1. The average molecular weight is 567 g/mol. The molecule has 0 unspecified atom stereocenters. The number of hydrogen-bond acceptors (Lipinski definition) is 3. The summed E-state index contributed by atoms with van der Waals surface area (Å²) < 4.78 is 19.6. The number of furan rings is 1. The molecule has 2 rings (SSSR count). The second-order valence-corrected chi connectivity index (χ2v) is 6.68. The molecule has 3 N–H and O–H groups in total. The number of hydrogen-bond donors (Lipinski definition) is 3. The van der Waals surface area contributed by atoms with E-state index in [2.05, 4.69) is 36.9 Å². The first kappa shape index (κ1) is 24.4. The molecular formula is C19H25BrFIN4O2. The Kier molecular flexibility index (Phi) is 11.8. The lowest BCUT2D eigenvalue weighted by atomic mass is 10.1. The molecule has 1 aromatic heterocycles. The van der Waals surface area contributed by atoms with E-state index in [-0.39, 0.29) is 41.5 Å². The van der Waals surface area contributed by atoms with E-state index < -0.39 is 0 Å². The molecule has 0 saturated carbocycles. The van der Waals surface area contributed by atoms with Crippen molar-refractivity contribution in [1.82, 2.24) is 16.0 Å². The summed E-state index contributed by atoms with van der Waals surface area (Å²) in [6.07, 6.45) is 2.83. The molecular weight excluding hydrogens is 542 g/mol. The number of benzene rings is 1. The van der Waals surface area contributed by atoms with Crippen LogP contribution in [0.15, 0.2) is 50.5 Å². The highest BCUT2D eigenvalue weighted by molar-refractivity contribution is 14.0. The minimum atomic E-state index is -0.250. The van der Waals surface area contributed by atoms with E-state index in [9.17, 15) is 9.18 Å². The van der Waals surface area contributed by atoms with Gasteiger partial charge in [0, 0.05) is 30.7 Å². The number of aryl methyl sites for hydroxylation is 1. The predicted molar refractivity (Wildman–Crippen MR) is 123 cm³/mol. The Labute approximate surface area is 189 Å². The number of nitrogens with one attached hydrogen (secondary N) is 3. The summed E-state index contributed by atoms with van der Waals surface area (Å²) >= 11 is 3.25. The van der Waals surface area contributed by atoms with Crippen molar-refractivity contribution in [2.24, 2.45) is 4.99 Å². The molecule has 0 fully saturated rings. The van der Waals surface area contributed by atoms with E-state index in [1.165, 1.54) is 12.3 Å². The molecule has 9 heteroatoms. The van der Waals surface area contributed by atoms with Gasteiger partial charge in [-0.25, -0.2) is 4.39 Å². The van der Waals surface area contributed by atoms with Gasteiger partial charge in [0.1, 0.15) is 5.82 Å². The third kappa shape index (κ3) is 8.59. The lowest BCUT2D eigenvalue weighted by molar-refractivity contribution is 0.0926. The second kappa shape index (κ2) is 13.5. The van der Waals surface area contributed by atoms with Crippen molar-refractivity contribution in [1.29, 1.82) is 0 Å². The fraction of sp³-hybridized carbons (Fsp3) is 0.368. The Morgan fingerprint density at radius 3 is 2.68 bits per heavy atom. The van der Waals surface area contributed by atoms with Crippen LogP contribution >= 0.6 is 39.9 Å². The van der Waals surface area contributed by atoms with Gasteiger partial charge in [0.2, 0.25) is 0 Å². The van der Waals surface area contributed by atoms with Crippen molar-refractivity contribution in [3.05, 3.63) is 58.2 Å². The minimum absolute atomic E-state index is 0. The predicted octanol–water partition coefficient (Wildman–Crippen LogP) is 3.72. The van der Waals surface area contributed by atoms with E-state index in [0.29, 0.717) is 37.6 Å². The van der Waals surface area contributed by atoms with Gasteiger partial charge in [0.25, 0.3) is 5.91 Å². The van der Waals surface area contributed by atoms with Crippen LogP contribution in [-0.2, 0) is 6.42 Å². The van der Waals surface area contributed by atoms with Crippen molar-refractivity contribution in [3.8, 4) is 0 Å². The van der Waals surface area contributed by atoms with E-state index >= 15 is 0 Å². The number of carbonyl (C=O) groups excluding carboxylic acids is 1. The summed E-state index contributed by atoms with van der Waals surface area (Å²) in [5.41, 5.74) is 0.687. The summed E-state index contributed by atoms with van der Waals surface area (Å²) in [6, 6.07) is 8.38. The molecule has 2 aromatic rings. The van der Waals surface area contributed by atoms with Gasteiger partial charge in [-0.1, -0.05) is 22.0 Å². The van der Waals surface area contributed by atoms with Crippen LogP contribution < -0.4 is 16.0 Å². The summed E-state index contributed by atoms with van der Waals surface area (Å²) in [5, 5.41) is 9.05. The van der Waals surface area contributed by atoms with Gasteiger partial charge in [-0.2, -0.15) is 0 Å². The van der Waals surface area contributed by atoms with Gasteiger partial charge in [0.15, 0.2) is 11.7 Å². The van der Waals surface area contributed by atoms with Crippen molar-refractivity contribution in [2.45, 2.75) is 19.8 Å². The summed E-state index contributed by atoms with van der Waals surface area (Å²) in [4.78, 5) is 16.2. The van der Waals surface area contributed by atoms with Crippen LogP contribution in [0.25, 0.3) is 0 Å². The van der Waals surface area contributed by atoms with Crippen LogP contribution in [0.4, 0.5) is 4.39 Å². The monoisotopic (exact) mass is 566 g/mol. The largest absolute Gasteiger partial charge is 0.459 e. The molecule has 1 aromatic carbocycles. The van der Waals surface area contributed by atoms with Gasteiger partial charge >= 0.3 is 0 Å². The summed E-state index contributed by atoms with van der Waals surface area (Å²) in [5.74, 6) is 0.503. The third-order valence-corrected chi connectivity index (χ3v) is 4.17. The van der Waals surface area contributed by atoms with Crippen LogP contribution in [0.2, 0.25) is 0 Å². The first-order valence-corrected chi connectivity index (χ1v) is 9.67. The SMILES string of the molecule is CCNC(=NCCCc1ccc(Br)cc1F)NCCNC(=O)c1ccco1.I. The van der Waals surface area contributed by atoms with Crippen LogP contribution in [0, 0.1) is 5.82 Å². The lowest BCUT2D eigenvalue weighted by Gasteiger charge is -2.11. The number of carbonyl (C=O) groups is 1. The van der Waals surface area contributed by atoms with Crippen LogP contribution in [0.5, 0.6) is 0 Å². The highest BCUT2D eigenvalue weighted by atomic mass is 127. The molecule has 1 heterocycles. The van der Waals surface area contributed by atoms with Crippen LogP contribution in [-0.4, -0.2) is 38.0 Å². The van der Waals surface area contributed by atoms with Gasteiger partial charge in [-0.3, -0.25) is 9.79 Å². The number of aliphatic imine (C=N–C) groups is 1. The number of halogens is 3. The molecule has 28 heavy (non-hydrogen) atoms. The molecule has 1 amide bonds. The number of guanidine groups is 1. The number of rotatable bonds is 9. The van der Waals surface area contributed by atoms with Gasteiger partial charge < -0.3 is 20.4 Å². The average Bonchev–Trinajstić information content (AvgIpc) is 3.18. The highest BCUT2D eigenvalue weighted by Crippen LogP contribution is 2.16. The maximum absolute atomic E-state index is 13.8. The van der Waals surface area contributed by atoms with Crippen molar-refractivity contribution in [3.63, 3.8) is 0 Å². The quantitative estimate of drug-likeness (QED) is 0.187. The second-order valence-electron chi connectivity index (χ2n) is 5.76. The van der Waals surface area contributed by atoms with Crippen molar-refractivity contribution < 1.29 is 13.6 Å². The normalized spacial score (nSPS) is 10.9. The Bertz CT molecular complexity index is 756. The van der Waals surface area contributed by atoms with E-state index in [4.69, 9.17) is 4.42 Å². The highest BCUT2D eigenvalue weighted by Gasteiger charge is 2.07. The van der Waals surface area contributed by atoms with Crippen LogP contribution in [0.3, 0.4) is 0 Å². The van der Waals surface area contributed by atoms with Gasteiger partial charge in [-0.15, -0.1) is 24.0 Å². The Morgan fingerprint density at radius 1 is 1.21 bits per heavy atom. The maximum atomic E-state index is 13.8. The molecule has 0 aliphatic carbocycles. The third-order valence-electron chi connectivity index (χ3n) is 3.68.